The van der Waals surface area contributed by atoms with Crippen LogP contribution in [-0.2, 0) is 13.0 Å². The molecule has 7 heteroatoms. The molecule has 2 aromatic carbocycles. The summed E-state index contributed by atoms with van der Waals surface area (Å²) >= 11 is 0. The summed E-state index contributed by atoms with van der Waals surface area (Å²) in [6.45, 7) is 14.3. The topological polar surface area (TPSA) is 69.5 Å². The molecule has 1 saturated heterocycles. The molecule has 2 aromatic heterocycles. The Bertz CT molecular complexity index is 1560. The lowest BCUT2D eigenvalue weighted by Gasteiger charge is -2.32. The van der Waals surface area contributed by atoms with Crippen molar-refractivity contribution in [2.24, 2.45) is 0 Å². The lowest BCUT2D eigenvalue weighted by atomic mass is 9.98. The standard InChI is InChI=1S/C32H30N6O/c1-23-4-5-26(19-30(39)27-10-7-25(8-11-27)22-38-16-14-37(3)15-17-38)18-28(23)12-6-24-9-13-29(34-20-24)32-35-21-31(33-2)36-32/h4-5,7-11,13,18,20-21H,14-17,19,22H2,1,3H3,(H,35,36). The predicted molar refractivity (Wildman–Crippen MR) is 152 cm³/mol. The maximum atomic E-state index is 13.0. The zero-order valence-electron chi connectivity index (χ0n) is 22.2. The molecule has 0 aliphatic carbocycles. The van der Waals surface area contributed by atoms with Gasteiger partial charge in [0.15, 0.2) is 5.78 Å². The van der Waals surface area contributed by atoms with Crippen molar-refractivity contribution in [3.63, 3.8) is 0 Å². The number of H-pyrrole nitrogens is 1. The van der Waals surface area contributed by atoms with Crippen molar-refractivity contribution in [2.45, 2.75) is 19.9 Å². The van der Waals surface area contributed by atoms with Crippen molar-refractivity contribution in [1.29, 1.82) is 0 Å². The number of nitrogens with one attached hydrogen (secondary N) is 1. The summed E-state index contributed by atoms with van der Waals surface area (Å²) in [6, 6.07) is 17.8. The average Bonchev–Trinajstić information content (AvgIpc) is 3.45. The van der Waals surface area contributed by atoms with Crippen LogP contribution in [0.5, 0.6) is 0 Å². The number of Topliss-reactive ketones (excluding diaryl/α,β-unsaturated/α-hetero) is 1. The molecular weight excluding hydrogens is 484 g/mol. The molecule has 4 aromatic rings. The summed E-state index contributed by atoms with van der Waals surface area (Å²) in [5.41, 5.74) is 6.28. The van der Waals surface area contributed by atoms with E-state index in [1.807, 2.05) is 49.4 Å². The quantitative estimate of drug-likeness (QED) is 0.225. The van der Waals surface area contributed by atoms with E-state index in [-0.39, 0.29) is 5.78 Å². The van der Waals surface area contributed by atoms with Crippen LogP contribution in [0.15, 0.2) is 67.0 Å². The Morgan fingerprint density at radius 3 is 2.44 bits per heavy atom. The number of nitrogens with zero attached hydrogens (tertiary/aromatic N) is 5. The monoisotopic (exact) mass is 514 g/mol. The van der Waals surface area contributed by atoms with Crippen LogP contribution in [0.4, 0.5) is 5.82 Å². The number of hydrogen-bond donors (Lipinski definition) is 1. The lowest BCUT2D eigenvalue weighted by Crippen LogP contribution is -2.43. The van der Waals surface area contributed by atoms with Crippen LogP contribution in [-0.4, -0.2) is 63.8 Å². The summed E-state index contributed by atoms with van der Waals surface area (Å²) in [7, 11) is 2.16. The third kappa shape index (κ3) is 6.66. The van der Waals surface area contributed by atoms with E-state index in [0.29, 0.717) is 23.8 Å². The fourth-order valence-corrected chi connectivity index (χ4v) is 4.51. The van der Waals surface area contributed by atoms with Gasteiger partial charge in [0.2, 0.25) is 11.6 Å². The first-order valence-electron chi connectivity index (χ1n) is 13.0. The third-order valence-electron chi connectivity index (χ3n) is 6.98. The van der Waals surface area contributed by atoms with E-state index in [4.69, 9.17) is 6.57 Å². The number of carbonyl (C=O) groups excluding carboxylic acids is 1. The fourth-order valence-electron chi connectivity index (χ4n) is 4.51. The van der Waals surface area contributed by atoms with Crippen molar-refractivity contribution in [3.05, 3.63) is 112 Å². The molecule has 3 heterocycles. The molecule has 0 bridgehead atoms. The van der Waals surface area contributed by atoms with Gasteiger partial charge in [-0.15, -0.1) is 0 Å². The number of likely N-dealkylation sites (N-methyl/N-ethyl adjacent to an activating group) is 1. The number of benzene rings is 2. The van der Waals surface area contributed by atoms with E-state index in [9.17, 15) is 4.79 Å². The van der Waals surface area contributed by atoms with Crippen LogP contribution >= 0.6 is 0 Å². The number of rotatable bonds is 6. The minimum absolute atomic E-state index is 0.1000. The summed E-state index contributed by atoms with van der Waals surface area (Å²) in [4.78, 5) is 32.7. The number of piperazine rings is 1. The summed E-state index contributed by atoms with van der Waals surface area (Å²) < 4.78 is 0. The Hall–Kier alpha value is -4.56. The molecule has 7 nitrogen and oxygen atoms in total. The minimum Gasteiger partial charge on any atom is -0.363 e. The Balaban J connectivity index is 1.22. The molecule has 5 rings (SSSR count). The smallest absolute Gasteiger partial charge is 0.248 e. The van der Waals surface area contributed by atoms with Gasteiger partial charge in [-0.2, -0.15) is 0 Å². The molecule has 0 spiro atoms. The molecule has 1 aliphatic heterocycles. The second-order valence-electron chi connectivity index (χ2n) is 9.94. The van der Waals surface area contributed by atoms with Crippen LogP contribution in [0.25, 0.3) is 16.4 Å². The molecule has 0 unspecified atom stereocenters. The second kappa shape index (κ2) is 11.9. The number of aryl methyl sites for hydroxylation is 1. The highest BCUT2D eigenvalue weighted by molar-refractivity contribution is 5.97. The van der Waals surface area contributed by atoms with Gasteiger partial charge in [-0.1, -0.05) is 54.8 Å². The van der Waals surface area contributed by atoms with Crippen LogP contribution < -0.4 is 0 Å². The van der Waals surface area contributed by atoms with Gasteiger partial charge in [0.05, 0.1) is 6.20 Å². The van der Waals surface area contributed by atoms with Gasteiger partial charge in [-0.3, -0.25) is 14.7 Å². The predicted octanol–water partition coefficient (Wildman–Crippen LogP) is 4.90. The van der Waals surface area contributed by atoms with Gasteiger partial charge in [0.1, 0.15) is 5.69 Å². The van der Waals surface area contributed by atoms with Crippen LogP contribution in [0.2, 0.25) is 0 Å². The van der Waals surface area contributed by atoms with E-state index in [2.05, 4.69) is 60.6 Å². The zero-order chi connectivity index (χ0) is 27.2. The Morgan fingerprint density at radius 1 is 0.974 bits per heavy atom. The van der Waals surface area contributed by atoms with Crippen molar-refractivity contribution in [1.82, 2.24) is 24.8 Å². The Kier molecular flexibility index (Phi) is 7.94. The number of pyridine rings is 1. The van der Waals surface area contributed by atoms with Gasteiger partial charge in [-0.25, -0.2) is 9.97 Å². The molecule has 0 amide bonds. The van der Waals surface area contributed by atoms with Gasteiger partial charge in [-0.05, 0) is 48.9 Å². The van der Waals surface area contributed by atoms with Crippen LogP contribution in [0.3, 0.4) is 0 Å². The van der Waals surface area contributed by atoms with Crippen molar-refractivity contribution in [3.8, 4) is 23.4 Å². The number of aromatic nitrogens is 3. The molecular formula is C32H30N6O. The largest absolute Gasteiger partial charge is 0.363 e. The molecule has 1 fully saturated rings. The van der Waals surface area contributed by atoms with Crippen LogP contribution in [0.1, 0.15) is 38.2 Å². The molecule has 0 atom stereocenters. The molecule has 1 N–H and O–H groups in total. The van der Waals surface area contributed by atoms with Crippen LogP contribution in [0, 0.1) is 25.3 Å². The van der Waals surface area contributed by atoms with E-state index < -0.39 is 0 Å². The van der Waals surface area contributed by atoms with Gasteiger partial charge in [0.25, 0.3) is 0 Å². The fraction of sp³-hybridized carbons (Fsp3) is 0.250. The van der Waals surface area contributed by atoms with Gasteiger partial charge >= 0.3 is 0 Å². The summed E-state index contributed by atoms with van der Waals surface area (Å²) in [6.07, 6.45) is 3.51. The molecule has 0 saturated carbocycles. The van der Waals surface area contributed by atoms with Gasteiger partial charge < -0.3 is 9.74 Å². The van der Waals surface area contributed by atoms with Crippen molar-refractivity contribution >= 4 is 11.6 Å². The number of ketones is 1. The normalized spacial score (nSPS) is 13.9. The third-order valence-corrected chi connectivity index (χ3v) is 6.98. The van der Waals surface area contributed by atoms with E-state index in [1.165, 1.54) is 11.8 Å². The highest BCUT2D eigenvalue weighted by atomic mass is 16.1. The van der Waals surface area contributed by atoms with Crippen molar-refractivity contribution < 1.29 is 4.79 Å². The number of carbonyl (C=O) groups is 1. The SMILES string of the molecule is [C-]#[N+]c1cnc(-c2ccc(C#Cc3cc(CC(=O)c4ccc(CN5CCN(C)CC5)cc4)ccc3C)cn2)[nH]1. The van der Waals surface area contributed by atoms with Crippen molar-refractivity contribution in [2.75, 3.05) is 33.2 Å². The molecule has 39 heavy (non-hydrogen) atoms. The summed E-state index contributed by atoms with van der Waals surface area (Å²) in [5, 5.41) is 0. The molecule has 194 valence electrons. The number of hydrogen-bond acceptors (Lipinski definition) is 5. The van der Waals surface area contributed by atoms with E-state index in [0.717, 1.165) is 60.5 Å². The first-order valence-corrected chi connectivity index (χ1v) is 13.0. The Labute approximate surface area is 229 Å². The Morgan fingerprint density at radius 2 is 1.74 bits per heavy atom. The first kappa shape index (κ1) is 26.1. The highest BCUT2D eigenvalue weighted by Gasteiger charge is 2.14. The maximum Gasteiger partial charge on any atom is 0.248 e. The zero-order valence-corrected chi connectivity index (χ0v) is 22.2. The minimum atomic E-state index is 0.1000. The molecule has 1 aliphatic rings. The second-order valence-corrected chi connectivity index (χ2v) is 9.94. The maximum absolute atomic E-state index is 13.0. The number of aromatic amines is 1. The lowest BCUT2D eigenvalue weighted by molar-refractivity contribution is 0.0993. The number of imidazole rings is 1. The average molecular weight is 515 g/mol. The highest BCUT2D eigenvalue weighted by Crippen LogP contribution is 2.18. The molecule has 0 radical (unpaired) electrons. The first-order chi connectivity index (χ1) is 19.0. The van der Waals surface area contributed by atoms with E-state index in [1.54, 1.807) is 6.20 Å². The van der Waals surface area contributed by atoms with E-state index >= 15 is 0 Å². The van der Waals surface area contributed by atoms with Gasteiger partial charge in [0, 0.05) is 62.0 Å². The summed E-state index contributed by atoms with van der Waals surface area (Å²) in [5.74, 6) is 7.43.